The smallest absolute Gasteiger partial charge is 0.253 e. The second-order valence-corrected chi connectivity index (χ2v) is 8.83. The van der Waals surface area contributed by atoms with Crippen molar-refractivity contribution < 1.29 is 9.90 Å². The summed E-state index contributed by atoms with van der Waals surface area (Å²) in [6.07, 6.45) is 0. The van der Waals surface area contributed by atoms with Crippen molar-refractivity contribution in [2.45, 2.75) is 20.0 Å². The predicted octanol–water partition coefficient (Wildman–Crippen LogP) is 5.35. The van der Waals surface area contributed by atoms with E-state index in [0.29, 0.717) is 16.8 Å². The van der Waals surface area contributed by atoms with E-state index in [9.17, 15) is 9.90 Å². The molecular weight excluding hydrogens is 424 g/mol. The highest BCUT2D eigenvalue weighted by molar-refractivity contribution is 6.13. The molecule has 0 saturated heterocycles. The van der Waals surface area contributed by atoms with Crippen molar-refractivity contribution in [3.63, 3.8) is 0 Å². The van der Waals surface area contributed by atoms with Crippen LogP contribution in [0.5, 0.6) is 5.88 Å². The van der Waals surface area contributed by atoms with Gasteiger partial charge in [0.2, 0.25) is 0 Å². The molecule has 1 heterocycles. The van der Waals surface area contributed by atoms with Crippen LogP contribution in [0.2, 0.25) is 0 Å². The van der Waals surface area contributed by atoms with Gasteiger partial charge in [-0.25, -0.2) is 0 Å². The highest BCUT2D eigenvalue weighted by Gasteiger charge is 2.17. The Morgan fingerprint density at radius 2 is 1.56 bits per heavy atom. The van der Waals surface area contributed by atoms with Gasteiger partial charge in [0.05, 0.1) is 17.0 Å². The second-order valence-electron chi connectivity index (χ2n) is 8.83. The van der Waals surface area contributed by atoms with E-state index in [1.54, 1.807) is 26.2 Å². The van der Waals surface area contributed by atoms with Crippen LogP contribution >= 0.6 is 0 Å². The molecule has 4 rings (SSSR count). The lowest BCUT2D eigenvalue weighted by atomic mass is 10.1. The van der Waals surface area contributed by atoms with E-state index in [1.165, 1.54) is 16.0 Å². The monoisotopic (exact) mass is 454 g/mol. The van der Waals surface area contributed by atoms with Crippen molar-refractivity contribution in [2.24, 2.45) is 4.99 Å². The molecule has 0 unspecified atom stereocenters. The minimum absolute atomic E-state index is 0.0462. The Kier molecular flexibility index (Phi) is 6.80. The van der Waals surface area contributed by atoms with Gasteiger partial charge < -0.3 is 15.0 Å². The van der Waals surface area contributed by atoms with E-state index >= 15 is 0 Å². The van der Waals surface area contributed by atoms with E-state index < -0.39 is 0 Å². The maximum Gasteiger partial charge on any atom is 0.253 e. The molecule has 0 radical (unpaired) electrons. The van der Waals surface area contributed by atoms with Crippen molar-refractivity contribution >= 4 is 28.2 Å². The highest BCUT2D eigenvalue weighted by atomic mass is 16.3. The summed E-state index contributed by atoms with van der Waals surface area (Å²) >= 11 is 0. The molecule has 0 aliphatic rings. The van der Waals surface area contributed by atoms with Gasteiger partial charge in [0.15, 0.2) is 5.88 Å². The molecule has 0 spiro atoms. The van der Waals surface area contributed by atoms with Crippen LogP contribution in [0.15, 0.2) is 77.8 Å². The van der Waals surface area contributed by atoms with E-state index in [0.717, 1.165) is 29.7 Å². The fourth-order valence-corrected chi connectivity index (χ4v) is 4.12. The molecule has 1 aromatic heterocycles. The minimum atomic E-state index is -0.0871. The van der Waals surface area contributed by atoms with Gasteiger partial charge in [-0.1, -0.05) is 42.5 Å². The molecule has 2 N–H and O–H groups in total. The lowest BCUT2D eigenvalue weighted by molar-refractivity contribution is 0.0827. The van der Waals surface area contributed by atoms with Crippen molar-refractivity contribution in [3.05, 3.63) is 95.1 Å². The fraction of sp³-hybridized carbons (Fsp3) is 0.214. The number of aromatic nitrogens is 1. The summed E-state index contributed by atoms with van der Waals surface area (Å²) in [5, 5.41) is 11.3. The number of amides is 1. The number of aromatic amines is 1. The minimum Gasteiger partial charge on any atom is -0.494 e. The summed E-state index contributed by atoms with van der Waals surface area (Å²) < 4.78 is 0. The lowest BCUT2D eigenvalue weighted by Gasteiger charge is -2.17. The second kappa shape index (κ2) is 9.93. The number of carbonyl (C=O) groups is 1. The number of hydrogen-bond acceptors (Lipinski definition) is 4. The largest absolute Gasteiger partial charge is 0.494 e. The average Bonchev–Trinajstić information content (AvgIpc) is 3.15. The third-order valence-electron chi connectivity index (χ3n) is 5.77. The van der Waals surface area contributed by atoms with Gasteiger partial charge in [-0.05, 0) is 55.4 Å². The van der Waals surface area contributed by atoms with Gasteiger partial charge in [-0.15, -0.1) is 0 Å². The topological polar surface area (TPSA) is 71.9 Å². The Hall–Kier alpha value is -3.90. The molecule has 0 saturated carbocycles. The number of aliphatic imine (C=N–C) groups is 1. The summed E-state index contributed by atoms with van der Waals surface area (Å²) in [5.41, 5.74) is 5.90. The van der Waals surface area contributed by atoms with Gasteiger partial charge in [0, 0.05) is 43.7 Å². The number of nitrogens with one attached hydrogen (secondary N) is 1. The van der Waals surface area contributed by atoms with Crippen LogP contribution in [0.4, 0.5) is 5.69 Å². The van der Waals surface area contributed by atoms with E-state index in [2.05, 4.69) is 53.3 Å². The standard InChI is InChI=1S/C28H30N4O2/c1-19(26-24-16-22(28(34)31(2)3)12-15-25(24)30-27(26)33)29-23-13-10-21(11-14-23)18-32(4)17-20-8-6-5-7-9-20/h5-16,30,33H,17-18H2,1-4H3. The van der Waals surface area contributed by atoms with Gasteiger partial charge in [0.1, 0.15) is 0 Å². The van der Waals surface area contributed by atoms with E-state index in [4.69, 9.17) is 4.99 Å². The van der Waals surface area contributed by atoms with E-state index in [1.807, 2.05) is 31.2 Å². The Morgan fingerprint density at radius 1 is 0.912 bits per heavy atom. The number of H-pyrrole nitrogens is 1. The molecule has 0 bridgehead atoms. The third kappa shape index (κ3) is 5.18. The molecular formula is C28H30N4O2. The predicted molar refractivity (Wildman–Crippen MR) is 138 cm³/mol. The number of hydrogen-bond donors (Lipinski definition) is 2. The maximum atomic E-state index is 12.4. The van der Waals surface area contributed by atoms with Crippen molar-refractivity contribution in [1.29, 1.82) is 0 Å². The van der Waals surface area contributed by atoms with Crippen LogP contribution in [0.1, 0.15) is 34.0 Å². The number of aromatic hydroxyl groups is 1. The molecule has 3 aromatic carbocycles. The quantitative estimate of drug-likeness (QED) is 0.370. The van der Waals surface area contributed by atoms with Gasteiger partial charge >= 0.3 is 0 Å². The summed E-state index contributed by atoms with van der Waals surface area (Å²) in [6.45, 7) is 3.59. The Bertz CT molecular complexity index is 1320. The molecule has 0 fully saturated rings. The molecule has 1 amide bonds. The van der Waals surface area contributed by atoms with Crippen LogP contribution < -0.4 is 0 Å². The van der Waals surface area contributed by atoms with Crippen LogP contribution in [0.25, 0.3) is 10.9 Å². The molecule has 0 aliphatic heterocycles. The summed E-state index contributed by atoms with van der Waals surface area (Å²) in [4.78, 5) is 23.9. The zero-order valence-corrected chi connectivity index (χ0v) is 20.0. The molecule has 0 aliphatic carbocycles. The summed E-state index contributed by atoms with van der Waals surface area (Å²) in [6, 6.07) is 23.9. The molecule has 0 atom stereocenters. The Labute approximate surface area is 200 Å². The van der Waals surface area contributed by atoms with Crippen molar-refractivity contribution in [2.75, 3.05) is 21.1 Å². The lowest BCUT2D eigenvalue weighted by Crippen LogP contribution is -2.21. The molecule has 4 aromatic rings. The number of rotatable bonds is 7. The third-order valence-corrected chi connectivity index (χ3v) is 5.77. The molecule has 6 nitrogen and oxygen atoms in total. The Morgan fingerprint density at radius 3 is 2.21 bits per heavy atom. The zero-order chi connectivity index (χ0) is 24.2. The van der Waals surface area contributed by atoms with Gasteiger partial charge in [-0.3, -0.25) is 14.7 Å². The molecule has 174 valence electrons. The van der Waals surface area contributed by atoms with Crippen LogP contribution in [-0.4, -0.2) is 52.7 Å². The van der Waals surface area contributed by atoms with Crippen LogP contribution in [-0.2, 0) is 13.1 Å². The van der Waals surface area contributed by atoms with Crippen molar-refractivity contribution in [1.82, 2.24) is 14.8 Å². The first kappa shape index (κ1) is 23.3. The van der Waals surface area contributed by atoms with Gasteiger partial charge in [0.25, 0.3) is 5.91 Å². The number of benzene rings is 3. The number of fused-ring (bicyclic) bond motifs is 1. The Balaban J connectivity index is 1.53. The van der Waals surface area contributed by atoms with Gasteiger partial charge in [-0.2, -0.15) is 0 Å². The van der Waals surface area contributed by atoms with Crippen LogP contribution in [0.3, 0.4) is 0 Å². The van der Waals surface area contributed by atoms with Crippen LogP contribution in [0, 0.1) is 0 Å². The highest BCUT2D eigenvalue weighted by Crippen LogP contribution is 2.30. The van der Waals surface area contributed by atoms with Crippen molar-refractivity contribution in [3.8, 4) is 5.88 Å². The molecule has 6 heteroatoms. The first-order valence-corrected chi connectivity index (χ1v) is 11.2. The first-order valence-electron chi connectivity index (χ1n) is 11.2. The SMILES string of the molecule is CC(=Nc1ccc(CN(C)Cc2ccccc2)cc1)c1c(O)[nH]c2ccc(C(=O)N(C)C)cc12. The average molecular weight is 455 g/mol. The first-order chi connectivity index (χ1) is 16.3. The summed E-state index contributed by atoms with van der Waals surface area (Å²) in [5.74, 6) is -0.0409. The van der Waals surface area contributed by atoms with E-state index in [-0.39, 0.29) is 11.8 Å². The molecule has 34 heavy (non-hydrogen) atoms. The fourth-order valence-electron chi connectivity index (χ4n) is 4.12. The summed E-state index contributed by atoms with van der Waals surface area (Å²) in [7, 11) is 5.55. The zero-order valence-electron chi connectivity index (χ0n) is 20.0. The number of carbonyl (C=O) groups excluding carboxylic acids is 1. The maximum absolute atomic E-state index is 12.4. The normalized spacial score (nSPS) is 11.9. The number of nitrogens with zero attached hydrogens (tertiary/aromatic N) is 3.